The van der Waals surface area contributed by atoms with Crippen molar-refractivity contribution in [1.29, 1.82) is 0 Å². The molecule has 1 fully saturated rings. The van der Waals surface area contributed by atoms with E-state index < -0.39 is 11.5 Å². The molecule has 4 rings (SSSR count). The summed E-state index contributed by atoms with van der Waals surface area (Å²) in [7, 11) is 0. The lowest BCUT2D eigenvalue weighted by molar-refractivity contribution is -0.141. The van der Waals surface area contributed by atoms with Gasteiger partial charge in [-0.3, -0.25) is 9.59 Å². The van der Waals surface area contributed by atoms with Gasteiger partial charge in [-0.15, -0.1) is 0 Å². The van der Waals surface area contributed by atoms with E-state index in [1.165, 1.54) is 12.1 Å². The van der Waals surface area contributed by atoms with Gasteiger partial charge in [-0.25, -0.2) is 4.39 Å². The average molecular weight is 497 g/mol. The topological polar surface area (TPSA) is 67.9 Å². The fraction of sp³-hybridized carbons (Fsp3) is 0.517. The molecular formula is C29H37FN2O4. The van der Waals surface area contributed by atoms with Crippen molar-refractivity contribution in [3.8, 4) is 5.75 Å². The van der Waals surface area contributed by atoms with Crippen molar-refractivity contribution in [1.82, 2.24) is 10.2 Å². The van der Waals surface area contributed by atoms with Gasteiger partial charge in [0, 0.05) is 25.1 Å². The highest BCUT2D eigenvalue weighted by Gasteiger charge is 2.37. The summed E-state index contributed by atoms with van der Waals surface area (Å²) in [6.45, 7) is 9.45. The summed E-state index contributed by atoms with van der Waals surface area (Å²) in [4.78, 5) is 28.1. The summed E-state index contributed by atoms with van der Waals surface area (Å²) in [5.74, 6) is 0.129. The Morgan fingerprint density at radius 3 is 2.58 bits per heavy atom. The summed E-state index contributed by atoms with van der Waals surface area (Å²) in [5, 5.41) is 2.96. The van der Waals surface area contributed by atoms with Crippen molar-refractivity contribution >= 4 is 11.8 Å². The highest BCUT2D eigenvalue weighted by molar-refractivity contribution is 5.83. The lowest BCUT2D eigenvalue weighted by atomic mass is 9.85. The second-order valence-electron chi connectivity index (χ2n) is 10.7. The molecule has 36 heavy (non-hydrogen) atoms. The SMILES string of the molecule is CC[C@H](Oc1ccc2c(c1)[C@@H](c1ccc(F)cc1)N(C(=O)C(C)(C)C)CC2)C(=O)NC[C@@H]1CCCO1. The van der Waals surface area contributed by atoms with Crippen molar-refractivity contribution in [3.05, 3.63) is 65.0 Å². The molecule has 0 bridgehead atoms. The molecule has 1 N–H and O–H groups in total. The van der Waals surface area contributed by atoms with Crippen LogP contribution < -0.4 is 10.1 Å². The maximum Gasteiger partial charge on any atom is 0.261 e. The minimum Gasteiger partial charge on any atom is -0.481 e. The van der Waals surface area contributed by atoms with Gasteiger partial charge in [-0.05, 0) is 66.6 Å². The molecule has 7 heteroatoms. The summed E-state index contributed by atoms with van der Waals surface area (Å²) in [6.07, 6.45) is 2.64. The molecule has 2 heterocycles. The molecule has 0 unspecified atom stereocenters. The van der Waals surface area contributed by atoms with E-state index in [1.54, 1.807) is 12.1 Å². The van der Waals surface area contributed by atoms with E-state index in [9.17, 15) is 14.0 Å². The Morgan fingerprint density at radius 2 is 1.94 bits per heavy atom. The molecule has 194 valence electrons. The number of nitrogens with zero attached hydrogens (tertiary/aromatic N) is 1. The van der Waals surface area contributed by atoms with E-state index in [0.29, 0.717) is 31.7 Å². The zero-order chi connectivity index (χ0) is 25.9. The first-order valence-corrected chi connectivity index (χ1v) is 12.9. The molecule has 2 aromatic carbocycles. The van der Waals surface area contributed by atoms with E-state index in [1.807, 2.05) is 50.8 Å². The van der Waals surface area contributed by atoms with Crippen LogP contribution in [-0.2, 0) is 20.7 Å². The summed E-state index contributed by atoms with van der Waals surface area (Å²) in [5.41, 5.74) is 2.34. The van der Waals surface area contributed by atoms with Crippen molar-refractivity contribution in [2.75, 3.05) is 19.7 Å². The third-order valence-corrected chi connectivity index (χ3v) is 6.90. The molecule has 0 radical (unpaired) electrons. The van der Waals surface area contributed by atoms with Gasteiger partial charge in [0.15, 0.2) is 6.10 Å². The maximum absolute atomic E-state index is 13.7. The highest BCUT2D eigenvalue weighted by Crippen LogP contribution is 2.39. The number of carbonyl (C=O) groups is 2. The molecule has 0 saturated carbocycles. The zero-order valence-corrected chi connectivity index (χ0v) is 21.7. The van der Waals surface area contributed by atoms with Crippen LogP contribution in [0.1, 0.15) is 69.7 Å². The zero-order valence-electron chi connectivity index (χ0n) is 21.7. The Labute approximate surface area is 213 Å². The first-order chi connectivity index (χ1) is 17.2. The number of amides is 2. The number of fused-ring (bicyclic) bond motifs is 1. The molecule has 3 atom stereocenters. The minimum atomic E-state index is -0.635. The maximum atomic E-state index is 13.7. The molecule has 2 aliphatic heterocycles. The van der Waals surface area contributed by atoms with Crippen molar-refractivity contribution < 1.29 is 23.5 Å². The van der Waals surface area contributed by atoms with Gasteiger partial charge in [0.2, 0.25) is 5.91 Å². The van der Waals surface area contributed by atoms with Crippen LogP contribution in [0.3, 0.4) is 0 Å². The summed E-state index contributed by atoms with van der Waals surface area (Å²) in [6, 6.07) is 11.8. The minimum absolute atomic E-state index is 0.0359. The Hall–Kier alpha value is -2.93. The van der Waals surface area contributed by atoms with E-state index in [2.05, 4.69) is 5.32 Å². The second-order valence-corrected chi connectivity index (χ2v) is 10.7. The number of carbonyl (C=O) groups excluding carboxylic acids is 2. The second kappa shape index (κ2) is 11.0. The van der Waals surface area contributed by atoms with Gasteiger partial charge in [0.25, 0.3) is 5.91 Å². The number of halogens is 1. The molecule has 2 amide bonds. The normalized spacial score (nSPS) is 20.5. The molecule has 0 aromatic heterocycles. The molecular weight excluding hydrogens is 459 g/mol. The number of nitrogens with one attached hydrogen (secondary N) is 1. The van der Waals surface area contributed by atoms with E-state index in [0.717, 1.165) is 36.1 Å². The van der Waals surface area contributed by atoms with Gasteiger partial charge < -0.3 is 19.7 Å². The highest BCUT2D eigenvalue weighted by atomic mass is 19.1. The lowest BCUT2D eigenvalue weighted by Crippen LogP contribution is -2.45. The van der Waals surface area contributed by atoms with Crippen LogP contribution in [0.2, 0.25) is 0 Å². The monoisotopic (exact) mass is 496 g/mol. The quantitative estimate of drug-likeness (QED) is 0.598. The Kier molecular flexibility index (Phi) is 7.98. The average Bonchev–Trinajstić information content (AvgIpc) is 3.38. The van der Waals surface area contributed by atoms with Gasteiger partial charge in [0.05, 0.1) is 12.1 Å². The van der Waals surface area contributed by atoms with Crippen LogP contribution in [0.4, 0.5) is 4.39 Å². The molecule has 6 nitrogen and oxygen atoms in total. The van der Waals surface area contributed by atoms with Crippen LogP contribution >= 0.6 is 0 Å². The van der Waals surface area contributed by atoms with Gasteiger partial charge >= 0.3 is 0 Å². The molecule has 2 aromatic rings. The predicted molar refractivity (Wildman–Crippen MR) is 136 cm³/mol. The molecule has 0 spiro atoms. The fourth-order valence-electron chi connectivity index (χ4n) is 4.94. The van der Waals surface area contributed by atoms with Crippen LogP contribution in [0.15, 0.2) is 42.5 Å². The number of benzene rings is 2. The first kappa shape index (κ1) is 26.1. The van der Waals surface area contributed by atoms with Crippen LogP contribution in [0.5, 0.6) is 5.75 Å². The summed E-state index contributed by atoms with van der Waals surface area (Å²) >= 11 is 0. The number of hydrogen-bond acceptors (Lipinski definition) is 4. The fourth-order valence-corrected chi connectivity index (χ4v) is 4.94. The predicted octanol–water partition coefficient (Wildman–Crippen LogP) is 4.80. The van der Waals surface area contributed by atoms with E-state index in [4.69, 9.17) is 9.47 Å². The van der Waals surface area contributed by atoms with Crippen LogP contribution in [0.25, 0.3) is 0 Å². The Balaban J connectivity index is 1.60. The number of hydrogen-bond donors (Lipinski definition) is 1. The lowest BCUT2D eigenvalue weighted by Gasteiger charge is -2.41. The van der Waals surface area contributed by atoms with Crippen LogP contribution in [-0.4, -0.2) is 48.6 Å². The standard InChI is InChI=1S/C29H37FN2O4/c1-5-25(27(33)31-18-23-7-6-16-35-23)36-22-13-10-19-14-15-32(28(34)29(2,3)4)26(24(19)17-22)20-8-11-21(30)12-9-20/h8-13,17,23,25-26H,5-7,14-16,18H2,1-4H3,(H,31,33)/t23-,25-,26+/m0/s1. The molecule has 1 saturated heterocycles. The van der Waals surface area contributed by atoms with Crippen molar-refractivity contribution in [2.45, 2.75) is 71.6 Å². The van der Waals surface area contributed by atoms with Gasteiger partial charge in [-0.2, -0.15) is 0 Å². The van der Waals surface area contributed by atoms with Crippen molar-refractivity contribution in [2.24, 2.45) is 5.41 Å². The molecule has 2 aliphatic rings. The van der Waals surface area contributed by atoms with Crippen LogP contribution in [0, 0.1) is 11.2 Å². The third-order valence-electron chi connectivity index (χ3n) is 6.90. The smallest absolute Gasteiger partial charge is 0.261 e. The molecule has 0 aliphatic carbocycles. The van der Waals surface area contributed by atoms with Gasteiger partial charge in [-0.1, -0.05) is 45.9 Å². The van der Waals surface area contributed by atoms with E-state index in [-0.39, 0.29) is 29.8 Å². The number of ether oxygens (including phenoxy) is 2. The first-order valence-electron chi connectivity index (χ1n) is 12.9. The largest absolute Gasteiger partial charge is 0.481 e. The Bertz CT molecular complexity index is 1070. The van der Waals surface area contributed by atoms with Crippen molar-refractivity contribution in [3.63, 3.8) is 0 Å². The number of rotatable bonds is 7. The Morgan fingerprint density at radius 1 is 1.19 bits per heavy atom. The van der Waals surface area contributed by atoms with Gasteiger partial charge in [0.1, 0.15) is 11.6 Å². The van der Waals surface area contributed by atoms with E-state index >= 15 is 0 Å². The summed E-state index contributed by atoms with van der Waals surface area (Å²) < 4.78 is 25.5. The third kappa shape index (κ3) is 5.89.